The second kappa shape index (κ2) is 11.8. The lowest BCUT2D eigenvalue weighted by molar-refractivity contribution is 0.410. The minimum atomic E-state index is 0. The molecule has 0 fully saturated rings. The molecule has 3 aliphatic rings. The average Bonchev–Trinajstić information content (AvgIpc) is 3.04. The molecule has 3 aliphatic carbocycles. The number of benzene rings is 5. The molecule has 0 aliphatic heterocycles. The first kappa shape index (κ1) is 29.6. The van der Waals surface area contributed by atoms with Gasteiger partial charge in [0.1, 0.15) is 0 Å². The quantitative estimate of drug-likeness (QED) is 0.150. The van der Waals surface area contributed by atoms with Gasteiger partial charge in [0.25, 0.3) is 0 Å². The molecular weight excluding hydrogens is 516 g/mol. The van der Waals surface area contributed by atoms with Crippen LogP contribution in [0.2, 0.25) is 0 Å². The molecule has 5 aromatic carbocycles. The summed E-state index contributed by atoms with van der Waals surface area (Å²) in [6, 6.07) is 29.6. The summed E-state index contributed by atoms with van der Waals surface area (Å²) in [6.07, 6.45) is 26.4. The lowest BCUT2D eigenvalue weighted by Crippen LogP contribution is -2.31. The van der Waals surface area contributed by atoms with Crippen LogP contribution in [0.4, 0.5) is 0 Å². The summed E-state index contributed by atoms with van der Waals surface area (Å²) < 4.78 is 0. The highest BCUT2D eigenvalue weighted by Crippen LogP contribution is 2.50. The van der Waals surface area contributed by atoms with Crippen molar-refractivity contribution in [3.8, 4) is 24.0 Å². The third-order valence-electron chi connectivity index (χ3n) is 9.38. The summed E-state index contributed by atoms with van der Waals surface area (Å²) in [7, 11) is 0. The Balaban J connectivity index is 0.000000903. The first-order valence-corrected chi connectivity index (χ1v) is 14.5. The second-order valence-corrected chi connectivity index (χ2v) is 11.3. The minimum Gasteiger partial charge on any atom is -0.124 e. The smallest absolute Gasteiger partial charge is 0.0161 e. The summed E-state index contributed by atoms with van der Waals surface area (Å²) in [6.45, 7) is 4.59. The van der Waals surface area contributed by atoms with Gasteiger partial charge >= 0.3 is 0 Å². The van der Waals surface area contributed by atoms with Crippen LogP contribution >= 0.6 is 0 Å². The van der Waals surface area contributed by atoms with Crippen molar-refractivity contribution in [3.05, 3.63) is 150 Å². The van der Waals surface area contributed by atoms with E-state index >= 15 is 0 Å². The van der Waals surface area contributed by atoms with E-state index in [4.69, 9.17) is 0 Å². The molecule has 0 spiro atoms. The van der Waals surface area contributed by atoms with Crippen LogP contribution in [0, 0.1) is 30.6 Å². The topological polar surface area (TPSA) is 0 Å². The fourth-order valence-electron chi connectivity index (χ4n) is 7.48. The van der Waals surface area contributed by atoms with E-state index in [1.807, 2.05) is 0 Å². The minimum absolute atomic E-state index is 0. The fraction of sp³-hybridized carbons (Fsp3) is 0.163. The van der Waals surface area contributed by atoms with E-state index in [-0.39, 0.29) is 14.9 Å². The van der Waals surface area contributed by atoms with Crippen LogP contribution in [0.15, 0.2) is 144 Å². The van der Waals surface area contributed by atoms with Gasteiger partial charge in [-0.3, -0.25) is 0 Å². The average molecular weight is 557 g/mol. The summed E-state index contributed by atoms with van der Waals surface area (Å²) in [5, 5.41) is 8.03. The maximum Gasteiger partial charge on any atom is 0.0161 e. The van der Waals surface area contributed by atoms with Crippen molar-refractivity contribution >= 4 is 37.9 Å². The molecule has 0 saturated carbocycles. The maximum absolute atomic E-state index is 4.00. The highest BCUT2D eigenvalue weighted by atomic mass is 14.4. The number of fused-ring (bicyclic) bond motifs is 3. The Morgan fingerprint density at radius 3 is 1.98 bits per heavy atom. The molecule has 0 heterocycles. The lowest BCUT2D eigenvalue weighted by Gasteiger charge is -2.41. The molecule has 0 N–H and O–H groups in total. The number of rotatable bonds is 2. The Labute approximate surface area is 257 Å². The van der Waals surface area contributed by atoms with Crippen LogP contribution in [-0.4, -0.2) is 0 Å². The molecule has 0 saturated heterocycles. The molecule has 0 amide bonds. The van der Waals surface area contributed by atoms with Gasteiger partial charge in [-0.1, -0.05) is 149 Å². The summed E-state index contributed by atoms with van der Waals surface area (Å²) >= 11 is 0. The van der Waals surface area contributed by atoms with Gasteiger partial charge in [0.05, 0.1) is 0 Å². The Hall–Kier alpha value is -4.86. The molecule has 43 heavy (non-hydrogen) atoms. The van der Waals surface area contributed by atoms with Crippen LogP contribution in [0.1, 0.15) is 34.3 Å². The van der Waals surface area contributed by atoms with Crippen molar-refractivity contribution in [2.75, 3.05) is 0 Å². The molecule has 0 heteroatoms. The monoisotopic (exact) mass is 556 g/mol. The molecule has 3 unspecified atom stereocenters. The zero-order valence-electron chi connectivity index (χ0n) is 23.5. The molecule has 0 bridgehead atoms. The van der Waals surface area contributed by atoms with Crippen LogP contribution < -0.4 is 0 Å². The van der Waals surface area contributed by atoms with Gasteiger partial charge in [-0.2, -0.15) is 0 Å². The summed E-state index contributed by atoms with van der Waals surface area (Å²) in [5.41, 5.74) is 9.66. The van der Waals surface area contributed by atoms with Crippen molar-refractivity contribution in [1.29, 1.82) is 0 Å². The second-order valence-electron chi connectivity index (χ2n) is 11.3. The third kappa shape index (κ3) is 4.57. The van der Waals surface area contributed by atoms with E-state index in [2.05, 4.69) is 154 Å². The van der Waals surface area contributed by atoms with Gasteiger partial charge in [0, 0.05) is 11.8 Å². The van der Waals surface area contributed by atoms with Crippen LogP contribution in [0.3, 0.4) is 0 Å². The van der Waals surface area contributed by atoms with Crippen molar-refractivity contribution < 1.29 is 0 Å². The number of allylic oxidation sites excluding steroid dienone is 12. The van der Waals surface area contributed by atoms with Crippen LogP contribution in [-0.2, 0) is 0 Å². The van der Waals surface area contributed by atoms with Gasteiger partial charge in [-0.05, 0) is 84.1 Å². The van der Waals surface area contributed by atoms with Crippen molar-refractivity contribution in [3.63, 3.8) is 0 Å². The van der Waals surface area contributed by atoms with Gasteiger partial charge in [-0.15, -0.1) is 12.8 Å². The van der Waals surface area contributed by atoms with Crippen molar-refractivity contribution in [2.45, 2.75) is 28.7 Å². The highest BCUT2D eigenvalue weighted by molar-refractivity contribution is 6.25. The standard InChI is InChI=1S/C39H30.C2H2.2CH4/c1-3-25-6-4-7-28-14-16-31-18-21-33(24(2)36(31)37(25)28)26-10-12-27(13-11-26)34-22-19-32-17-15-29-8-5-9-30-20-23-35(34)39(32)38(29)30;1-2;;/h3-24,36-37H,1-2H3;1-2H;2*1H4/b25-3-;;;. The maximum atomic E-state index is 4.00. The molecule has 0 radical (unpaired) electrons. The number of hydrogen-bond donors (Lipinski definition) is 0. The lowest BCUT2D eigenvalue weighted by atomic mass is 9.62. The zero-order chi connectivity index (χ0) is 28.1. The Morgan fingerprint density at radius 1 is 0.628 bits per heavy atom. The molecule has 0 aromatic heterocycles. The van der Waals surface area contributed by atoms with E-state index < -0.39 is 0 Å². The Kier molecular flexibility index (Phi) is 8.12. The predicted octanol–water partition coefficient (Wildman–Crippen LogP) is 12.0. The molecule has 212 valence electrons. The van der Waals surface area contributed by atoms with Gasteiger partial charge in [-0.25, -0.2) is 0 Å². The normalized spacial score (nSPS) is 21.1. The zero-order valence-corrected chi connectivity index (χ0v) is 23.5. The van der Waals surface area contributed by atoms with E-state index in [0.29, 0.717) is 17.8 Å². The van der Waals surface area contributed by atoms with Crippen LogP contribution in [0.25, 0.3) is 49.0 Å². The SMILES string of the molecule is C.C.C#C.C/C=C1/C=CC=C2C=CC3=CC=C(c4ccc(-c5ccc6ccc7cccc8ccc5c6c78)cc4)C(C)C3C21. The van der Waals surface area contributed by atoms with Crippen molar-refractivity contribution in [2.24, 2.45) is 17.8 Å². The third-order valence-corrected chi connectivity index (χ3v) is 9.38. The van der Waals surface area contributed by atoms with Gasteiger partial charge in [0.2, 0.25) is 0 Å². The fourth-order valence-corrected chi connectivity index (χ4v) is 7.48. The predicted molar refractivity (Wildman–Crippen MR) is 191 cm³/mol. The number of hydrogen-bond acceptors (Lipinski definition) is 0. The number of terminal acetylenes is 1. The highest BCUT2D eigenvalue weighted by Gasteiger charge is 2.38. The molecule has 3 atom stereocenters. The summed E-state index contributed by atoms with van der Waals surface area (Å²) in [4.78, 5) is 0. The van der Waals surface area contributed by atoms with E-state index in [9.17, 15) is 0 Å². The first-order chi connectivity index (χ1) is 20.2. The van der Waals surface area contributed by atoms with Crippen molar-refractivity contribution in [1.82, 2.24) is 0 Å². The van der Waals surface area contributed by atoms with Gasteiger partial charge < -0.3 is 0 Å². The molecule has 8 rings (SSSR count). The Morgan fingerprint density at radius 2 is 1.26 bits per heavy atom. The van der Waals surface area contributed by atoms with Crippen LogP contribution in [0.5, 0.6) is 0 Å². The first-order valence-electron chi connectivity index (χ1n) is 14.5. The molecule has 0 nitrogen and oxygen atoms in total. The van der Waals surface area contributed by atoms with E-state index in [1.54, 1.807) is 0 Å². The Bertz CT molecular complexity index is 2000. The van der Waals surface area contributed by atoms with E-state index in [0.717, 1.165) is 0 Å². The summed E-state index contributed by atoms with van der Waals surface area (Å²) in [5.74, 6) is 1.34. The largest absolute Gasteiger partial charge is 0.124 e. The molecular formula is C43H40. The van der Waals surface area contributed by atoms with E-state index in [1.165, 1.54) is 71.3 Å². The molecule has 5 aromatic rings. The van der Waals surface area contributed by atoms with Gasteiger partial charge in [0.15, 0.2) is 0 Å².